The third kappa shape index (κ3) is 3.18. The molecule has 1 aromatic heterocycles. The highest BCUT2D eigenvalue weighted by molar-refractivity contribution is 7.15. The number of carboxylic acids is 1. The lowest BCUT2D eigenvalue weighted by Crippen LogP contribution is -2.24. The van der Waals surface area contributed by atoms with Crippen molar-refractivity contribution in [2.75, 3.05) is 5.32 Å². The van der Waals surface area contributed by atoms with Gasteiger partial charge in [-0.2, -0.15) is 0 Å². The topological polar surface area (TPSA) is 69.2 Å². The first-order valence-electron chi connectivity index (χ1n) is 7.02. The number of carbonyl (C=O) groups is 2. The maximum Gasteiger partial charge on any atom is 0.257 e. The number of benzene rings is 2. The molecule has 0 unspecified atom stereocenters. The molecule has 0 spiro atoms. The molecule has 4 nitrogen and oxygen atoms in total. The van der Waals surface area contributed by atoms with Gasteiger partial charge in [0.05, 0.1) is 16.6 Å². The molecule has 1 amide bonds. The molecule has 120 valence electrons. The monoisotopic (exact) mass is 356 g/mol. The molecule has 24 heavy (non-hydrogen) atoms. The summed E-state index contributed by atoms with van der Waals surface area (Å²) in [5.74, 6) is -1.81. The molecular weight excluding hydrogens is 346 g/mol. The van der Waals surface area contributed by atoms with Crippen LogP contribution in [0.15, 0.2) is 60.0 Å². The zero-order chi connectivity index (χ0) is 17.1. The summed E-state index contributed by atoms with van der Waals surface area (Å²) in [5.41, 5.74) is 1.49. The van der Waals surface area contributed by atoms with E-state index in [-0.39, 0.29) is 16.1 Å². The molecular formula is C18H11ClNO3S-. The van der Waals surface area contributed by atoms with E-state index in [2.05, 4.69) is 5.32 Å². The van der Waals surface area contributed by atoms with Crippen molar-refractivity contribution >= 4 is 39.8 Å². The first kappa shape index (κ1) is 16.2. The molecule has 0 atom stereocenters. The molecule has 0 saturated carbocycles. The molecule has 0 saturated heterocycles. The summed E-state index contributed by atoms with van der Waals surface area (Å²) < 4.78 is 0. The average molecular weight is 357 g/mol. The van der Waals surface area contributed by atoms with Gasteiger partial charge in [0.25, 0.3) is 5.91 Å². The number of hydrogen-bond acceptors (Lipinski definition) is 4. The quantitative estimate of drug-likeness (QED) is 0.775. The van der Waals surface area contributed by atoms with Crippen LogP contribution in [-0.4, -0.2) is 11.9 Å². The Balaban J connectivity index is 1.98. The zero-order valence-corrected chi connectivity index (χ0v) is 13.9. The Kier molecular flexibility index (Phi) is 4.64. The van der Waals surface area contributed by atoms with Gasteiger partial charge in [0.1, 0.15) is 5.00 Å². The minimum Gasteiger partial charge on any atom is -0.545 e. The Labute approximate surface area is 147 Å². The second kappa shape index (κ2) is 6.86. The Morgan fingerprint density at radius 3 is 2.33 bits per heavy atom. The molecule has 0 radical (unpaired) electrons. The molecule has 6 heteroatoms. The number of hydrogen-bond donors (Lipinski definition) is 1. The van der Waals surface area contributed by atoms with Crippen molar-refractivity contribution in [3.63, 3.8) is 0 Å². The van der Waals surface area contributed by atoms with Gasteiger partial charge in [0, 0.05) is 16.5 Å². The number of rotatable bonds is 4. The van der Waals surface area contributed by atoms with Gasteiger partial charge >= 0.3 is 0 Å². The SMILES string of the molecule is O=C(Nc1scc(-c2ccccc2)c1C(=O)[O-])c1ccccc1Cl. The molecule has 3 rings (SSSR count). The van der Waals surface area contributed by atoms with E-state index >= 15 is 0 Å². The number of carbonyl (C=O) groups excluding carboxylic acids is 2. The number of anilines is 1. The number of thiophene rings is 1. The minimum absolute atomic E-state index is 0.0356. The number of nitrogens with one attached hydrogen (secondary N) is 1. The Morgan fingerprint density at radius 1 is 1.00 bits per heavy atom. The highest BCUT2D eigenvalue weighted by Gasteiger charge is 2.18. The van der Waals surface area contributed by atoms with Gasteiger partial charge in [0.2, 0.25) is 0 Å². The minimum atomic E-state index is -1.34. The van der Waals surface area contributed by atoms with Crippen molar-refractivity contribution in [1.29, 1.82) is 0 Å². The van der Waals surface area contributed by atoms with Crippen LogP contribution in [0, 0.1) is 0 Å². The predicted octanol–water partition coefficient (Wildman–Crippen LogP) is 3.68. The fourth-order valence-corrected chi connectivity index (χ4v) is 3.47. The van der Waals surface area contributed by atoms with Crippen LogP contribution in [0.3, 0.4) is 0 Å². The van der Waals surface area contributed by atoms with E-state index in [9.17, 15) is 14.7 Å². The number of carboxylic acid groups (broad SMARTS) is 1. The summed E-state index contributed by atoms with van der Waals surface area (Å²) in [6, 6.07) is 15.6. The van der Waals surface area contributed by atoms with Crippen LogP contribution in [-0.2, 0) is 0 Å². The standard InChI is InChI=1S/C18H12ClNO3S/c19-14-9-5-4-8-12(14)16(21)20-17-15(18(22)23)13(10-24-17)11-6-2-1-3-7-11/h1-10H,(H,20,21)(H,22,23)/p-1. The summed E-state index contributed by atoms with van der Waals surface area (Å²) in [6.07, 6.45) is 0. The van der Waals surface area contributed by atoms with Crippen LogP contribution in [0.5, 0.6) is 0 Å². The summed E-state index contributed by atoms with van der Waals surface area (Å²) in [5, 5.41) is 16.4. The van der Waals surface area contributed by atoms with Crippen LogP contribution < -0.4 is 10.4 Å². The molecule has 1 N–H and O–H groups in total. The van der Waals surface area contributed by atoms with Gasteiger partial charge in [0.15, 0.2) is 0 Å². The zero-order valence-electron chi connectivity index (χ0n) is 12.3. The summed E-state index contributed by atoms with van der Waals surface area (Å²) >= 11 is 7.13. The Hall–Kier alpha value is -2.63. The molecule has 0 aliphatic rings. The Bertz CT molecular complexity index is 906. The Morgan fingerprint density at radius 2 is 1.67 bits per heavy atom. The van der Waals surface area contributed by atoms with Gasteiger partial charge in [-0.05, 0) is 17.7 Å². The van der Waals surface area contributed by atoms with Crippen LogP contribution in [0.25, 0.3) is 11.1 Å². The molecule has 1 heterocycles. The van der Waals surface area contributed by atoms with Crippen LogP contribution in [0.2, 0.25) is 5.02 Å². The number of halogens is 1. The first-order chi connectivity index (χ1) is 11.6. The summed E-state index contributed by atoms with van der Waals surface area (Å²) in [4.78, 5) is 23.9. The van der Waals surface area contributed by atoms with Crippen molar-refractivity contribution in [2.45, 2.75) is 0 Å². The lowest BCUT2D eigenvalue weighted by Gasteiger charge is -2.10. The molecule has 0 bridgehead atoms. The van der Waals surface area contributed by atoms with Crippen molar-refractivity contribution < 1.29 is 14.7 Å². The predicted molar refractivity (Wildman–Crippen MR) is 93.5 cm³/mol. The fraction of sp³-hybridized carbons (Fsp3) is 0. The van der Waals surface area contributed by atoms with E-state index in [1.54, 1.807) is 41.8 Å². The molecule has 2 aromatic carbocycles. The second-order valence-corrected chi connectivity index (χ2v) is 6.23. The van der Waals surface area contributed by atoms with Crippen LogP contribution in [0.1, 0.15) is 20.7 Å². The van der Waals surface area contributed by atoms with Gasteiger partial charge in [-0.15, -0.1) is 11.3 Å². The molecule has 0 fully saturated rings. The highest BCUT2D eigenvalue weighted by atomic mass is 35.5. The fourth-order valence-electron chi connectivity index (χ4n) is 2.30. The van der Waals surface area contributed by atoms with E-state index in [1.807, 2.05) is 18.2 Å². The van der Waals surface area contributed by atoms with Crippen molar-refractivity contribution in [1.82, 2.24) is 0 Å². The lowest BCUT2D eigenvalue weighted by atomic mass is 10.0. The largest absolute Gasteiger partial charge is 0.545 e. The van der Waals surface area contributed by atoms with Gasteiger partial charge in [-0.25, -0.2) is 0 Å². The van der Waals surface area contributed by atoms with E-state index in [4.69, 9.17) is 11.6 Å². The van der Waals surface area contributed by atoms with E-state index in [0.29, 0.717) is 10.6 Å². The van der Waals surface area contributed by atoms with Gasteiger partial charge in [-0.3, -0.25) is 4.79 Å². The van der Waals surface area contributed by atoms with Gasteiger partial charge < -0.3 is 15.2 Å². The normalized spacial score (nSPS) is 10.4. The highest BCUT2D eigenvalue weighted by Crippen LogP contribution is 2.35. The number of aromatic carboxylic acids is 1. The van der Waals surface area contributed by atoms with Crippen molar-refractivity contribution in [3.8, 4) is 11.1 Å². The first-order valence-corrected chi connectivity index (χ1v) is 8.28. The van der Waals surface area contributed by atoms with Crippen molar-refractivity contribution in [3.05, 3.63) is 76.1 Å². The molecule has 3 aromatic rings. The van der Waals surface area contributed by atoms with Crippen LogP contribution in [0.4, 0.5) is 5.00 Å². The average Bonchev–Trinajstić information content (AvgIpc) is 2.99. The lowest BCUT2D eigenvalue weighted by molar-refractivity contribution is -0.254. The van der Waals surface area contributed by atoms with Crippen LogP contribution >= 0.6 is 22.9 Å². The maximum absolute atomic E-state index is 12.4. The van der Waals surface area contributed by atoms with E-state index < -0.39 is 11.9 Å². The molecule has 0 aliphatic heterocycles. The number of amides is 1. The summed E-state index contributed by atoms with van der Waals surface area (Å²) in [6.45, 7) is 0. The second-order valence-electron chi connectivity index (χ2n) is 4.94. The van der Waals surface area contributed by atoms with E-state index in [1.165, 1.54) is 0 Å². The van der Waals surface area contributed by atoms with E-state index in [0.717, 1.165) is 16.9 Å². The third-order valence-electron chi connectivity index (χ3n) is 3.43. The van der Waals surface area contributed by atoms with Crippen molar-refractivity contribution in [2.24, 2.45) is 0 Å². The molecule has 0 aliphatic carbocycles. The maximum atomic E-state index is 12.4. The summed E-state index contributed by atoms with van der Waals surface area (Å²) in [7, 11) is 0. The third-order valence-corrected chi connectivity index (χ3v) is 4.65. The smallest absolute Gasteiger partial charge is 0.257 e. The van der Waals surface area contributed by atoms with Gasteiger partial charge in [-0.1, -0.05) is 54.1 Å².